The quantitative estimate of drug-likeness (QED) is 0.839. The maximum absolute atomic E-state index is 13.2. The average molecular weight is 413 g/mol. The first-order valence-corrected chi connectivity index (χ1v) is 10.5. The molecule has 1 fully saturated rings. The van der Waals surface area contributed by atoms with Crippen molar-refractivity contribution in [2.75, 3.05) is 24.5 Å². The van der Waals surface area contributed by atoms with E-state index in [1.165, 1.54) is 29.0 Å². The predicted molar refractivity (Wildman–Crippen MR) is 108 cm³/mol. The van der Waals surface area contributed by atoms with Crippen molar-refractivity contribution in [3.63, 3.8) is 0 Å². The molecule has 0 aromatic carbocycles. The highest BCUT2D eigenvalue weighted by atomic mass is 19.3. The van der Waals surface area contributed by atoms with Crippen LogP contribution in [0.4, 0.5) is 14.5 Å². The van der Waals surface area contributed by atoms with Crippen LogP contribution in [0.25, 0.3) is 0 Å². The Balaban J connectivity index is 1.30. The van der Waals surface area contributed by atoms with Crippen molar-refractivity contribution in [2.45, 2.75) is 45.8 Å². The fraction of sp³-hybridized carbons (Fsp3) is 0.500. The second-order valence-electron chi connectivity index (χ2n) is 8.37. The summed E-state index contributed by atoms with van der Waals surface area (Å²) < 4.78 is 25.9. The Morgan fingerprint density at radius 1 is 1.27 bits per heavy atom. The van der Waals surface area contributed by atoms with Crippen LogP contribution in [0, 0.1) is 12.8 Å². The lowest BCUT2D eigenvalue weighted by molar-refractivity contribution is -0.135. The van der Waals surface area contributed by atoms with Gasteiger partial charge in [-0.25, -0.2) is 8.78 Å². The number of rotatable bonds is 3. The molecule has 158 valence electrons. The number of aryl methyl sites for hydroxylation is 1. The van der Waals surface area contributed by atoms with Crippen LogP contribution in [0.5, 0.6) is 0 Å². The molecule has 1 saturated heterocycles. The number of carbonyl (C=O) groups is 1. The number of anilines is 1. The highest BCUT2D eigenvalue weighted by Gasteiger charge is 2.36. The van der Waals surface area contributed by atoms with Gasteiger partial charge in [-0.05, 0) is 55.1 Å². The number of halogens is 2. The molecule has 0 aliphatic carbocycles. The molecule has 0 spiro atoms. The molecule has 30 heavy (non-hydrogen) atoms. The third-order valence-corrected chi connectivity index (χ3v) is 6.56. The van der Waals surface area contributed by atoms with Gasteiger partial charge in [0.05, 0.1) is 18.2 Å². The Hall–Kier alpha value is -2.61. The molecule has 0 bridgehead atoms. The number of amides is 1. The number of fused-ring (bicyclic) bond motifs is 3. The fourth-order valence-corrected chi connectivity index (χ4v) is 4.98. The summed E-state index contributed by atoms with van der Waals surface area (Å²) in [5.74, 6) is 0.0139. The molecule has 0 saturated carbocycles. The normalized spacial score (nSPS) is 20.6. The molecule has 1 amide bonds. The summed E-state index contributed by atoms with van der Waals surface area (Å²) in [6.45, 7) is 6.28. The van der Waals surface area contributed by atoms with Crippen LogP contribution < -0.4 is 10.2 Å². The first-order chi connectivity index (χ1) is 14.5. The summed E-state index contributed by atoms with van der Waals surface area (Å²) in [7, 11) is 0. The van der Waals surface area contributed by atoms with Gasteiger partial charge < -0.3 is 15.1 Å². The van der Waals surface area contributed by atoms with Gasteiger partial charge in [-0.2, -0.15) is 0 Å². The Morgan fingerprint density at radius 3 is 2.97 bits per heavy atom. The van der Waals surface area contributed by atoms with Crippen LogP contribution in [0.15, 0.2) is 18.3 Å². The molecule has 0 radical (unpaired) electrons. The average Bonchev–Trinajstić information content (AvgIpc) is 3.41. The summed E-state index contributed by atoms with van der Waals surface area (Å²) in [6, 6.07) is 3.16. The van der Waals surface area contributed by atoms with Crippen molar-refractivity contribution in [1.29, 1.82) is 0 Å². The number of pyridine rings is 2. The molecule has 2 aromatic heterocycles. The summed E-state index contributed by atoms with van der Waals surface area (Å²) >= 11 is 0. The van der Waals surface area contributed by atoms with Crippen LogP contribution >= 0.6 is 0 Å². The summed E-state index contributed by atoms with van der Waals surface area (Å²) in [4.78, 5) is 25.7. The molecular formula is C22H25F2N5O. The van der Waals surface area contributed by atoms with Gasteiger partial charge >= 0.3 is 0 Å². The minimum Gasteiger partial charge on any atom is -0.371 e. The maximum Gasteiger partial charge on any atom is 0.280 e. The lowest BCUT2D eigenvalue weighted by Crippen LogP contribution is -2.34. The van der Waals surface area contributed by atoms with Gasteiger partial charge in [-0.1, -0.05) is 0 Å². The van der Waals surface area contributed by atoms with Crippen molar-refractivity contribution < 1.29 is 13.6 Å². The summed E-state index contributed by atoms with van der Waals surface area (Å²) in [6.07, 6.45) is 0.529. The van der Waals surface area contributed by atoms with E-state index in [2.05, 4.69) is 10.3 Å². The maximum atomic E-state index is 13.2. The molecule has 6 nitrogen and oxygen atoms in total. The fourth-order valence-electron chi connectivity index (χ4n) is 4.98. The molecule has 1 N–H and O–H groups in total. The third-order valence-electron chi connectivity index (χ3n) is 6.56. The van der Waals surface area contributed by atoms with Crippen LogP contribution in [0.2, 0.25) is 0 Å². The van der Waals surface area contributed by atoms with Crippen molar-refractivity contribution >= 4 is 11.6 Å². The summed E-state index contributed by atoms with van der Waals surface area (Å²) in [5.41, 5.74) is 6.47. The number of hydrogen-bond donors (Lipinski definition) is 1. The highest BCUT2D eigenvalue weighted by Crippen LogP contribution is 2.33. The first kappa shape index (κ1) is 19.4. The van der Waals surface area contributed by atoms with E-state index in [1.807, 2.05) is 16.7 Å². The molecule has 8 heteroatoms. The van der Waals surface area contributed by atoms with Crippen molar-refractivity contribution in [3.05, 3.63) is 52.1 Å². The molecule has 2 aromatic rings. The third kappa shape index (κ3) is 3.33. The van der Waals surface area contributed by atoms with Gasteiger partial charge in [-0.3, -0.25) is 14.8 Å². The molecular weight excluding hydrogens is 388 g/mol. The van der Waals surface area contributed by atoms with Gasteiger partial charge in [-0.15, -0.1) is 0 Å². The van der Waals surface area contributed by atoms with Crippen LogP contribution in [0.3, 0.4) is 0 Å². The first-order valence-electron chi connectivity index (χ1n) is 10.5. The largest absolute Gasteiger partial charge is 0.371 e. The monoisotopic (exact) mass is 413 g/mol. The zero-order valence-electron chi connectivity index (χ0n) is 17.0. The Morgan fingerprint density at radius 2 is 2.13 bits per heavy atom. The van der Waals surface area contributed by atoms with Gasteiger partial charge in [0.2, 0.25) is 5.91 Å². The molecule has 0 unspecified atom stereocenters. The molecule has 5 rings (SSSR count). The molecule has 3 aliphatic rings. The van der Waals surface area contributed by atoms with Crippen molar-refractivity contribution in [1.82, 2.24) is 20.2 Å². The number of carbonyl (C=O) groups excluding carboxylic acids is 1. The number of aromatic nitrogens is 2. The van der Waals surface area contributed by atoms with Crippen LogP contribution in [-0.2, 0) is 30.8 Å². The number of nitrogens with zero attached hydrogens (tertiary/aromatic N) is 4. The van der Waals surface area contributed by atoms with E-state index >= 15 is 0 Å². The summed E-state index contributed by atoms with van der Waals surface area (Å²) in [5, 5.41) is 3.41. The standard InChI is InChI=1S/C22H25F2N5O/c1-13-17-9-25-5-3-16(17)18-11-29(12-20(18)27-13)22(30)14-4-7-28(10-14)15-2-6-26-19(8-15)21(23)24/h2,6,8,14,21,25H,3-5,7,9-12H2,1H3/t14-/m1/s1. The van der Waals surface area contributed by atoms with Gasteiger partial charge in [0.15, 0.2) is 0 Å². The van der Waals surface area contributed by atoms with Gasteiger partial charge in [0.25, 0.3) is 6.43 Å². The van der Waals surface area contributed by atoms with E-state index in [1.54, 1.807) is 6.07 Å². The number of hydrogen-bond acceptors (Lipinski definition) is 5. The van der Waals surface area contributed by atoms with Crippen LogP contribution in [-0.4, -0.2) is 40.4 Å². The van der Waals surface area contributed by atoms with Crippen molar-refractivity contribution in [2.24, 2.45) is 5.92 Å². The van der Waals surface area contributed by atoms with Gasteiger partial charge in [0.1, 0.15) is 5.69 Å². The second kappa shape index (κ2) is 7.58. The Bertz CT molecular complexity index is 996. The number of alkyl halides is 2. The lowest BCUT2D eigenvalue weighted by atomic mass is 9.94. The lowest BCUT2D eigenvalue weighted by Gasteiger charge is -2.23. The SMILES string of the molecule is Cc1nc2c(c3c1CNCC3)CN(C(=O)[C@@H]1CCN(c3ccnc(C(F)F)c3)C1)C2. The topological polar surface area (TPSA) is 61.4 Å². The van der Waals surface area contributed by atoms with E-state index in [9.17, 15) is 13.6 Å². The number of nitrogens with one attached hydrogen (secondary N) is 1. The zero-order chi connectivity index (χ0) is 20.8. The molecule has 3 aliphatic heterocycles. The van der Waals surface area contributed by atoms with Crippen molar-refractivity contribution in [3.8, 4) is 0 Å². The zero-order valence-corrected chi connectivity index (χ0v) is 17.0. The van der Waals surface area contributed by atoms with E-state index in [4.69, 9.17) is 4.98 Å². The van der Waals surface area contributed by atoms with E-state index in [0.29, 0.717) is 31.9 Å². The Labute approximate surface area is 174 Å². The van der Waals surface area contributed by atoms with E-state index in [-0.39, 0.29) is 17.5 Å². The highest BCUT2D eigenvalue weighted by molar-refractivity contribution is 5.81. The minimum atomic E-state index is -2.59. The molecule has 5 heterocycles. The Kier molecular flexibility index (Phi) is 4.89. The van der Waals surface area contributed by atoms with E-state index < -0.39 is 6.43 Å². The van der Waals surface area contributed by atoms with Crippen LogP contribution in [0.1, 0.15) is 46.6 Å². The predicted octanol–water partition coefficient (Wildman–Crippen LogP) is 2.74. The van der Waals surface area contributed by atoms with Gasteiger partial charge in [0, 0.05) is 43.8 Å². The van der Waals surface area contributed by atoms with E-state index in [0.717, 1.165) is 37.3 Å². The second-order valence-corrected chi connectivity index (χ2v) is 8.37. The minimum absolute atomic E-state index is 0.124. The molecule has 1 atom stereocenters. The smallest absolute Gasteiger partial charge is 0.280 e.